The summed E-state index contributed by atoms with van der Waals surface area (Å²) in [6.45, 7) is 0.918. The van der Waals surface area contributed by atoms with E-state index < -0.39 is 11.5 Å². The second-order valence-corrected chi connectivity index (χ2v) is 16.0. The molecule has 286 valence electrons. The van der Waals surface area contributed by atoms with Crippen LogP contribution in [0, 0.1) is 35.1 Å². The number of alkyl halides is 2. The molecule has 10 heteroatoms. The first-order valence-electron chi connectivity index (χ1n) is 19.2. The van der Waals surface area contributed by atoms with E-state index in [0.29, 0.717) is 37.8 Å². The molecule has 56 heavy (non-hydrogen) atoms. The fraction of sp³-hybridized carbons (Fsp3) is 0.370. The Labute approximate surface area is 389 Å². The summed E-state index contributed by atoms with van der Waals surface area (Å²) >= 11 is 8.06. The minimum atomic E-state index is -0.942. The van der Waals surface area contributed by atoms with Gasteiger partial charge in [0.25, 0.3) is 0 Å². The van der Waals surface area contributed by atoms with Gasteiger partial charge < -0.3 is 20.8 Å². The molecule has 2 fully saturated rings. The van der Waals surface area contributed by atoms with Gasteiger partial charge in [0.2, 0.25) is 0 Å². The van der Waals surface area contributed by atoms with E-state index in [-0.39, 0.29) is 83.2 Å². The van der Waals surface area contributed by atoms with Crippen molar-refractivity contribution in [2.24, 2.45) is 23.7 Å². The predicted octanol–water partition coefficient (Wildman–Crippen LogP) is 11.1. The number of carbonyl (C=O) groups excluding carboxylic acids is 1. The van der Waals surface area contributed by atoms with E-state index in [1.54, 1.807) is 23.7 Å². The molecule has 0 spiro atoms. The minimum Gasteiger partial charge on any atom is -0.493 e. The summed E-state index contributed by atoms with van der Waals surface area (Å²) in [5.41, 5.74) is 2.18. The average molecular weight is 939 g/mol. The molecule has 0 N–H and O–H groups in total. The number of aromatic nitrogens is 2. The Morgan fingerprint density at radius 1 is 0.857 bits per heavy atom. The van der Waals surface area contributed by atoms with Gasteiger partial charge in [-0.3, -0.25) is 14.8 Å². The first-order chi connectivity index (χ1) is 26.5. The SMILES string of the molecule is FC1C[C@H](CCCc2cc[c-]s2)[C@@H](COc2ccc3cnccc3c2)C1Cl.O=C1CC[C@H](CCCc2c[c-]ccc2)[C@H]1COc1cccc2cccnc12.[Y].[Y]. The fourth-order valence-corrected chi connectivity index (χ4v) is 9.10. The van der Waals surface area contributed by atoms with Gasteiger partial charge >= 0.3 is 0 Å². The van der Waals surface area contributed by atoms with Crippen molar-refractivity contribution in [3.8, 4) is 11.5 Å². The predicted molar refractivity (Wildman–Crippen MR) is 216 cm³/mol. The van der Waals surface area contributed by atoms with Crippen molar-refractivity contribution in [1.82, 2.24) is 9.97 Å². The van der Waals surface area contributed by atoms with Gasteiger partial charge in [-0.25, -0.2) is 10.5 Å². The van der Waals surface area contributed by atoms with E-state index in [0.717, 1.165) is 78.1 Å². The molecule has 8 rings (SSSR count). The molecular formula is C46H46ClFN2O3SY2-2. The molecular weight excluding hydrogens is 893 g/mol. The summed E-state index contributed by atoms with van der Waals surface area (Å²) in [6, 6.07) is 33.1. The van der Waals surface area contributed by atoms with Crippen molar-refractivity contribution < 1.29 is 84.1 Å². The standard InChI is InChI=1S/C24H24NO2.C22H22ClFNOS.2Y/c26-22-15-14-19(10-4-9-18-7-2-1-3-8-18)21(22)17-27-23-13-5-11-20-12-6-16-25-24(20)23;23-22-20(14-26-18-7-6-17-13-25-9-8-15(17)11-18)16(12-21(22)24)3-1-4-19-5-2-10-27-19;;/h1-2,5-8,11-13,16,19,21H,4,9-10,14-15,17H2;2,5-9,11,13,16,20-22H,1,3-4,12,14H2;;/q2*-1;;/t19-,21+;16-,20+,21?,22?;;/m00../s1. The fourth-order valence-electron chi connectivity index (χ4n) is 8.05. The Balaban J connectivity index is 0.000000207. The van der Waals surface area contributed by atoms with E-state index in [9.17, 15) is 9.18 Å². The number of ether oxygens (including phenoxy) is 2. The molecule has 3 heterocycles. The van der Waals surface area contributed by atoms with Crippen LogP contribution in [0.15, 0.2) is 110 Å². The number of para-hydroxylation sites is 1. The van der Waals surface area contributed by atoms with Gasteiger partial charge in [-0.1, -0.05) is 56.7 Å². The number of pyridine rings is 2. The molecule has 6 aromatic rings. The number of hydrogen-bond acceptors (Lipinski definition) is 6. The van der Waals surface area contributed by atoms with Crippen molar-refractivity contribution in [3.05, 3.63) is 131 Å². The summed E-state index contributed by atoms with van der Waals surface area (Å²) in [6.07, 6.45) is 12.9. The summed E-state index contributed by atoms with van der Waals surface area (Å²) in [4.78, 5) is 22.3. The van der Waals surface area contributed by atoms with Crippen LogP contribution in [0.2, 0.25) is 0 Å². The second kappa shape index (κ2) is 22.9. The number of hydrogen-bond donors (Lipinski definition) is 0. The van der Waals surface area contributed by atoms with Crippen LogP contribution in [0.4, 0.5) is 4.39 Å². The smallest absolute Gasteiger partial charge is 0.145 e. The van der Waals surface area contributed by atoms with E-state index in [2.05, 4.69) is 33.5 Å². The Hall–Kier alpha value is -2.12. The molecule has 2 aliphatic rings. The summed E-state index contributed by atoms with van der Waals surface area (Å²) in [5.74, 6) is 2.67. The molecule has 0 amide bonds. The summed E-state index contributed by atoms with van der Waals surface area (Å²) in [7, 11) is 0. The van der Waals surface area contributed by atoms with E-state index in [4.69, 9.17) is 21.1 Å². The van der Waals surface area contributed by atoms with Crippen LogP contribution in [0.25, 0.3) is 21.7 Å². The van der Waals surface area contributed by atoms with Crippen LogP contribution in [-0.2, 0) is 83.1 Å². The molecule has 6 atom stereocenters. The molecule has 2 aliphatic carbocycles. The quantitative estimate of drug-likeness (QED) is 0.0804. The van der Waals surface area contributed by atoms with Crippen molar-refractivity contribution in [3.63, 3.8) is 0 Å². The number of fused-ring (bicyclic) bond motifs is 2. The minimum absolute atomic E-state index is 0. The molecule has 5 nitrogen and oxygen atoms in total. The van der Waals surface area contributed by atoms with Gasteiger partial charge in [0, 0.05) is 107 Å². The molecule has 2 saturated carbocycles. The summed E-state index contributed by atoms with van der Waals surface area (Å²) < 4.78 is 26.4. The topological polar surface area (TPSA) is 61.3 Å². The number of halogens is 2. The average Bonchev–Trinajstić information content (AvgIpc) is 3.93. The molecule has 2 unspecified atom stereocenters. The van der Waals surface area contributed by atoms with Gasteiger partial charge in [0.05, 0.1) is 24.5 Å². The van der Waals surface area contributed by atoms with Gasteiger partial charge in [0.1, 0.15) is 29.0 Å². The summed E-state index contributed by atoms with van der Waals surface area (Å²) in [5, 5.41) is 5.88. The van der Waals surface area contributed by atoms with Crippen molar-refractivity contribution in [1.29, 1.82) is 0 Å². The van der Waals surface area contributed by atoms with E-state index in [1.165, 1.54) is 10.4 Å². The van der Waals surface area contributed by atoms with Crippen LogP contribution in [0.5, 0.6) is 11.5 Å². The molecule has 3 aromatic carbocycles. The van der Waals surface area contributed by atoms with Gasteiger partial charge in [-0.05, 0) is 66.5 Å². The Morgan fingerprint density at radius 3 is 2.55 bits per heavy atom. The number of carbonyl (C=O) groups is 1. The van der Waals surface area contributed by atoms with Crippen LogP contribution in [0.1, 0.15) is 55.4 Å². The monoisotopic (exact) mass is 938 g/mol. The largest absolute Gasteiger partial charge is 0.493 e. The second-order valence-electron chi connectivity index (χ2n) is 14.5. The van der Waals surface area contributed by atoms with Crippen molar-refractivity contribution >= 4 is 50.4 Å². The number of benzene rings is 3. The number of rotatable bonds is 14. The van der Waals surface area contributed by atoms with Crippen LogP contribution in [-0.4, -0.2) is 40.5 Å². The first kappa shape index (κ1) is 45.0. The zero-order valence-electron chi connectivity index (χ0n) is 31.6. The maximum absolute atomic E-state index is 14.3. The molecule has 0 saturated heterocycles. The number of ketones is 1. The molecule has 2 radical (unpaired) electrons. The number of nitrogens with zero attached hydrogens (tertiary/aromatic N) is 2. The van der Waals surface area contributed by atoms with Crippen molar-refractivity contribution in [2.75, 3.05) is 13.2 Å². The zero-order valence-corrected chi connectivity index (χ0v) is 38.8. The first-order valence-corrected chi connectivity index (χ1v) is 20.4. The van der Waals surface area contributed by atoms with Gasteiger partial charge in [-0.2, -0.15) is 42.0 Å². The Morgan fingerprint density at radius 2 is 1.71 bits per heavy atom. The Kier molecular flexibility index (Phi) is 18.4. The number of aryl methyl sites for hydroxylation is 2. The maximum Gasteiger partial charge on any atom is 0.145 e. The maximum atomic E-state index is 14.3. The van der Waals surface area contributed by atoms with Crippen LogP contribution >= 0.6 is 22.9 Å². The normalized spacial score (nSPS) is 21.5. The number of thiophene rings is 1. The van der Waals surface area contributed by atoms with Gasteiger partial charge in [0.15, 0.2) is 0 Å². The van der Waals surface area contributed by atoms with Crippen LogP contribution < -0.4 is 9.47 Å². The zero-order chi connectivity index (χ0) is 37.1. The molecule has 0 bridgehead atoms. The Bertz CT molecular complexity index is 2090. The number of Topliss-reactive ketones (excluding diaryl/α,β-unsaturated/α-hetero) is 1. The van der Waals surface area contributed by atoms with E-state index in [1.807, 2.05) is 85.1 Å². The third-order valence-corrected chi connectivity index (χ3v) is 12.5. The van der Waals surface area contributed by atoms with Crippen molar-refractivity contribution in [2.45, 2.75) is 69.3 Å². The third-order valence-electron chi connectivity index (χ3n) is 11.0. The third kappa shape index (κ3) is 12.2. The van der Waals surface area contributed by atoms with Gasteiger partial charge in [-0.15, -0.1) is 21.9 Å². The van der Waals surface area contributed by atoms with E-state index >= 15 is 0 Å². The van der Waals surface area contributed by atoms with Crippen LogP contribution in [0.3, 0.4) is 0 Å². The molecule has 3 aromatic heterocycles. The molecule has 0 aliphatic heterocycles.